The fourth-order valence-corrected chi connectivity index (χ4v) is 3.28. The molecule has 1 rings (SSSR count). The number of rotatable bonds is 3. The summed E-state index contributed by atoms with van der Waals surface area (Å²) in [5, 5.41) is 0. The number of esters is 1. The highest BCUT2D eigenvalue weighted by atomic mass is 16.5. The van der Waals surface area contributed by atoms with Crippen LogP contribution in [-0.4, -0.2) is 12.6 Å². The lowest BCUT2D eigenvalue weighted by molar-refractivity contribution is -0.137. The Balaban J connectivity index is 2.68. The average Bonchev–Trinajstić information content (AvgIpc) is 2.12. The van der Waals surface area contributed by atoms with Crippen molar-refractivity contribution in [1.29, 1.82) is 0 Å². The Morgan fingerprint density at radius 3 is 2.28 bits per heavy atom. The van der Waals surface area contributed by atoms with Crippen LogP contribution in [0.1, 0.15) is 53.9 Å². The van der Waals surface area contributed by atoms with Crippen LogP contribution in [0.3, 0.4) is 0 Å². The molecule has 0 bridgehead atoms. The van der Waals surface area contributed by atoms with Crippen molar-refractivity contribution in [2.45, 2.75) is 53.9 Å². The van der Waals surface area contributed by atoms with Crippen LogP contribution in [0.15, 0.2) is 23.8 Å². The van der Waals surface area contributed by atoms with Crippen molar-refractivity contribution in [1.82, 2.24) is 0 Å². The van der Waals surface area contributed by atoms with Crippen molar-refractivity contribution in [3.63, 3.8) is 0 Å². The molecule has 102 valence electrons. The third-order valence-electron chi connectivity index (χ3n) is 3.22. The first-order valence-electron chi connectivity index (χ1n) is 6.77. The minimum Gasteiger partial charge on any atom is -0.463 e. The fourth-order valence-electron chi connectivity index (χ4n) is 3.28. The van der Waals surface area contributed by atoms with E-state index >= 15 is 0 Å². The van der Waals surface area contributed by atoms with E-state index < -0.39 is 0 Å². The van der Waals surface area contributed by atoms with Crippen molar-refractivity contribution in [3.8, 4) is 0 Å². The smallest absolute Gasteiger partial charge is 0.330 e. The minimum atomic E-state index is -0.260. The summed E-state index contributed by atoms with van der Waals surface area (Å²) in [6.07, 6.45) is 8.89. The van der Waals surface area contributed by atoms with Gasteiger partial charge in [-0.05, 0) is 37.0 Å². The molecule has 1 fully saturated rings. The largest absolute Gasteiger partial charge is 0.463 e. The van der Waals surface area contributed by atoms with Crippen molar-refractivity contribution in [3.05, 3.63) is 23.8 Å². The summed E-state index contributed by atoms with van der Waals surface area (Å²) in [7, 11) is 0. The molecule has 1 aliphatic carbocycles. The molecule has 0 aromatic rings. The molecule has 2 nitrogen and oxygen atoms in total. The first-order chi connectivity index (χ1) is 8.24. The van der Waals surface area contributed by atoms with Gasteiger partial charge in [0.2, 0.25) is 0 Å². The van der Waals surface area contributed by atoms with Gasteiger partial charge < -0.3 is 4.74 Å². The number of carbonyl (C=O) groups excluding carboxylic acids is 1. The van der Waals surface area contributed by atoms with Gasteiger partial charge in [0.1, 0.15) is 0 Å². The van der Waals surface area contributed by atoms with Gasteiger partial charge in [-0.1, -0.05) is 45.4 Å². The van der Waals surface area contributed by atoms with Crippen LogP contribution in [-0.2, 0) is 9.53 Å². The van der Waals surface area contributed by atoms with Gasteiger partial charge in [0.15, 0.2) is 0 Å². The zero-order chi connectivity index (χ0) is 13.8. The SMILES string of the molecule is CCOC(=O)/C=C/C=C1CC(C)(C)CC(C)(C)C1. The second-order valence-electron chi connectivity index (χ2n) is 6.79. The molecule has 0 heterocycles. The normalized spacial score (nSPS) is 21.9. The maximum atomic E-state index is 11.2. The van der Waals surface area contributed by atoms with E-state index in [2.05, 4.69) is 33.8 Å². The second-order valence-corrected chi connectivity index (χ2v) is 6.79. The molecular formula is C16H26O2. The first-order valence-corrected chi connectivity index (χ1v) is 6.77. The number of hydrogen-bond donors (Lipinski definition) is 0. The molecule has 0 saturated heterocycles. The summed E-state index contributed by atoms with van der Waals surface area (Å²) in [6.45, 7) is 11.5. The van der Waals surface area contributed by atoms with Crippen LogP contribution >= 0.6 is 0 Å². The lowest BCUT2D eigenvalue weighted by Crippen LogP contribution is -2.29. The molecule has 0 N–H and O–H groups in total. The van der Waals surface area contributed by atoms with Gasteiger partial charge in [0.25, 0.3) is 0 Å². The molecule has 0 unspecified atom stereocenters. The lowest BCUT2D eigenvalue weighted by Gasteiger charge is -2.42. The van der Waals surface area contributed by atoms with E-state index in [9.17, 15) is 4.79 Å². The van der Waals surface area contributed by atoms with Crippen molar-refractivity contribution in [2.24, 2.45) is 10.8 Å². The Hall–Kier alpha value is -1.05. The quantitative estimate of drug-likeness (QED) is 0.552. The first kappa shape index (κ1) is 15.0. The third-order valence-corrected chi connectivity index (χ3v) is 3.22. The van der Waals surface area contributed by atoms with E-state index in [0.717, 1.165) is 12.8 Å². The van der Waals surface area contributed by atoms with Crippen molar-refractivity contribution >= 4 is 5.97 Å². The summed E-state index contributed by atoms with van der Waals surface area (Å²) < 4.78 is 4.86. The van der Waals surface area contributed by atoms with E-state index in [0.29, 0.717) is 17.4 Å². The lowest BCUT2D eigenvalue weighted by atomic mass is 9.63. The molecule has 0 amide bonds. The molecule has 0 spiro atoms. The highest BCUT2D eigenvalue weighted by Crippen LogP contribution is 2.47. The number of allylic oxidation sites excluding steroid dienone is 3. The van der Waals surface area contributed by atoms with Crippen LogP contribution in [0.5, 0.6) is 0 Å². The summed E-state index contributed by atoms with van der Waals surface area (Å²) >= 11 is 0. The molecular weight excluding hydrogens is 224 g/mol. The van der Waals surface area contributed by atoms with Crippen LogP contribution in [0.4, 0.5) is 0 Å². The van der Waals surface area contributed by atoms with Gasteiger partial charge >= 0.3 is 5.97 Å². The predicted octanol–water partition coefficient (Wildman–Crippen LogP) is 4.27. The molecule has 18 heavy (non-hydrogen) atoms. The maximum Gasteiger partial charge on any atom is 0.330 e. The highest BCUT2D eigenvalue weighted by molar-refractivity contribution is 5.82. The summed E-state index contributed by atoms with van der Waals surface area (Å²) in [5.74, 6) is -0.260. The molecule has 0 aromatic heterocycles. The molecule has 1 saturated carbocycles. The van der Waals surface area contributed by atoms with Gasteiger partial charge in [0, 0.05) is 6.08 Å². The van der Waals surface area contributed by atoms with Crippen LogP contribution in [0, 0.1) is 10.8 Å². The molecule has 0 aromatic carbocycles. The Bertz CT molecular complexity index is 341. The maximum absolute atomic E-state index is 11.2. The Labute approximate surface area is 111 Å². The van der Waals surface area contributed by atoms with E-state index in [4.69, 9.17) is 4.74 Å². The fraction of sp³-hybridized carbons (Fsp3) is 0.688. The Kier molecular flexibility index (Phi) is 4.78. The highest BCUT2D eigenvalue weighted by Gasteiger charge is 2.35. The topological polar surface area (TPSA) is 26.3 Å². The Morgan fingerprint density at radius 2 is 1.78 bits per heavy atom. The van der Waals surface area contributed by atoms with Crippen LogP contribution in [0.2, 0.25) is 0 Å². The molecule has 2 heteroatoms. The minimum absolute atomic E-state index is 0.260. The van der Waals surface area contributed by atoms with Crippen LogP contribution in [0.25, 0.3) is 0 Å². The summed E-state index contributed by atoms with van der Waals surface area (Å²) in [6, 6.07) is 0. The third kappa shape index (κ3) is 5.07. The predicted molar refractivity (Wildman–Crippen MR) is 75.3 cm³/mol. The van der Waals surface area contributed by atoms with E-state index in [-0.39, 0.29) is 5.97 Å². The molecule has 1 aliphatic rings. The van der Waals surface area contributed by atoms with Gasteiger partial charge in [-0.25, -0.2) is 4.79 Å². The van der Waals surface area contributed by atoms with Crippen LogP contribution < -0.4 is 0 Å². The monoisotopic (exact) mass is 250 g/mol. The van der Waals surface area contributed by atoms with Crippen molar-refractivity contribution in [2.75, 3.05) is 6.61 Å². The van der Waals surface area contributed by atoms with E-state index in [1.54, 1.807) is 0 Å². The molecule has 0 aliphatic heterocycles. The van der Waals surface area contributed by atoms with Crippen molar-refractivity contribution < 1.29 is 9.53 Å². The van der Waals surface area contributed by atoms with Gasteiger partial charge in [-0.2, -0.15) is 0 Å². The summed E-state index contributed by atoms with van der Waals surface area (Å²) in [5.41, 5.74) is 2.13. The Morgan fingerprint density at radius 1 is 1.22 bits per heavy atom. The zero-order valence-electron chi connectivity index (χ0n) is 12.4. The standard InChI is InChI=1S/C16H26O2/c1-6-18-14(17)9-7-8-13-10-15(2,3)12-16(4,5)11-13/h7-9H,6,10-12H2,1-5H3/b9-7+. The number of carbonyl (C=O) groups is 1. The summed E-state index contributed by atoms with van der Waals surface area (Å²) in [4.78, 5) is 11.2. The average molecular weight is 250 g/mol. The molecule has 0 radical (unpaired) electrons. The van der Waals surface area contributed by atoms with Gasteiger partial charge in [0.05, 0.1) is 6.61 Å². The second kappa shape index (κ2) is 5.73. The van der Waals surface area contributed by atoms with E-state index in [1.807, 2.05) is 13.0 Å². The zero-order valence-corrected chi connectivity index (χ0v) is 12.4. The number of hydrogen-bond acceptors (Lipinski definition) is 2. The van der Waals surface area contributed by atoms with Gasteiger partial charge in [-0.3, -0.25) is 0 Å². The van der Waals surface area contributed by atoms with Gasteiger partial charge in [-0.15, -0.1) is 0 Å². The number of ether oxygens (including phenoxy) is 1. The molecule has 0 atom stereocenters. The van der Waals surface area contributed by atoms with E-state index in [1.165, 1.54) is 18.1 Å².